The molecule has 0 saturated heterocycles. The molecule has 0 saturated carbocycles. The van der Waals surface area contributed by atoms with Gasteiger partial charge in [0.2, 0.25) is 0 Å². The van der Waals surface area contributed by atoms with Crippen molar-refractivity contribution < 1.29 is 21.6 Å². The summed E-state index contributed by atoms with van der Waals surface area (Å²) in [5.74, 6) is -0.434. The number of nitrogens with zero attached hydrogens (tertiary/aromatic N) is 1. The number of hydrogen-bond acceptors (Lipinski definition) is 6. The first-order valence-electron chi connectivity index (χ1n) is 10.8. The van der Waals surface area contributed by atoms with Gasteiger partial charge in [-0.05, 0) is 73.2 Å². The van der Waals surface area contributed by atoms with E-state index in [4.69, 9.17) is 11.6 Å². The van der Waals surface area contributed by atoms with E-state index in [1.165, 1.54) is 54.7 Å². The molecule has 3 N–H and O–H groups in total. The Bertz CT molecular complexity index is 1660. The molecule has 0 fully saturated rings. The second kappa shape index (κ2) is 10.6. The van der Waals surface area contributed by atoms with Crippen molar-refractivity contribution in [1.82, 2.24) is 4.98 Å². The van der Waals surface area contributed by atoms with Gasteiger partial charge in [-0.15, -0.1) is 0 Å². The van der Waals surface area contributed by atoms with Gasteiger partial charge in [-0.2, -0.15) is 0 Å². The minimum Gasteiger partial charge on any atom is -0.322 e. The van der Waals surface area contributed by atoms with Gasteiger partial charge in [0.05, 0.1) is 15.6 Å². The summed E-state index contributed by atoms with van der Waals surface area (Å²) in [5, 5.41) is 2.57. The van der Waals surface area contributed by atoms with E-state index in [1.54, 1.807) is 43.3 Å². The zero-order chi connectivity index (χ0) is 26.6. The second-order valence-electron chi connectivity index (χ2n) is 7.86. The van der Waals surface area contributed by atoms with Crippen LogP contribution in [-0.4, -0.2) is 27.7 Å². The SMILES string of the molecule is Cc1ccccc1NS(=O)(=O)c1cc(C(=O)Nc2ccc(S(=O)(=O)Nc3ccccn3)cc2)ccc1Cl. The summed E-state index contributed by atoms with van der Waals surface area (Å²) in [4.78, 5) is 16.5. The first-order chi connectivity index (χ1) is 17.5. The highest BCUT2D eigenvalue weighted by molar-refractivity contribution is 7.93. The minimum absolute atomic E-state index is 0.0293. The molecule has 190 valence electrons. The minimum atomic E-state index is -4.08. The van der Waals surface area contributed by atoms with E-state index in [2.05, 4.69) is 19.7 Å². The molecule has 9 nitrogen and oxygen atoms in total. The molecule has 0 bridgehead atoms. The highest BCUT2D eigenvalue weighted by Gasteiger charge is 2.21. The van der Waals surface area contributed by atoms with Crippen molar-refractivity contribution in [3.05, 3.63) is 107 Å². The van der Waals surface area contributed by atoms with Gasteiger partial charge in [-0.25, -0.2) is 21.8 Å². The molecule has 1 aromatic heterocycles. The normalized spacial score (nSPS) is 11.5. The summed E-state index contributed by atoms with van der Waals surface area (Å²) >= 11 is 6.15. The van der Waals surface area contributed by atoms with Gasteiger partial charge >= 0.3 is 0 Å². The van der Waals surface area contributed by atoms with Crippen molar-refractivity contribution in [2.45, 2.75) is 16.7 Å². The predicted octanol–water partition coefficient (Wildman–Crippen LogP) is 4.90. The quantitative estimate of drug-likeness (QED) is 0.283. The maximum atomic E-state index is 13.0. The van der Waals surface area contributed by atoms with Gasteiger partial charge < -0.3 is 5.32 Å². The van der Waals surface area contributed by atoms with Crippen LogP contribution in [0.1, 0.15) is 15.9 Å². The van der Waals surface area contributed by atoms with E-state index >= 15 is 0 Å². The van der Waals surface area contributed by atoms with Crippen molar-refractivity contribution >= 4 is 54.7 Å². The Morgan fingerprint density at radius 2 is 1.51 bits per heavy atom. The van der Waals surface area contributed by atoms with Crippen molar-refractivity contribution in [1.29, 1.82) is 0 Å². The fourth-order valence-electron chi connectivity index (χ4n) is 3.28. The maximum absolute atomic E-state index is 13.0. The maximum Gasteiger partial charge on any atom is 0.263 e. The molecule has 4 aromatic rings. The van der Waals surface area contributed by atoms with Crippen molar-refractivity contribution in [3.8, 4) is 0 Å². The number of aromatic nitrogens is 1. The first kappa shape index (κ1) is 26.1. The Labute approximate surface area is 219 Å². The third kappa shape index (κ3) is 6.26. The Balaban J connectivity index is 1.51. The number of para-hydroxylation sites is 1. The van der Waals surface area contributed by atoms with Crippen molar-refractivity contribution in [3.63, 3.8) is 0 Å². The standard InChI is InChI=1S/C25H21ClN4O5S2/c1-17-6-2-3-7-22(17)29-37(34,35)23-16-18(9-14-21(23)26)25(31)28-19-10-12-20(13-11-19)36(32,33)30-24-8-4-5-15-27-24/h2-16,29H,1H3,(H,27,30)(H,28,31). The Kier molecular flexibility index (Phi) is 7.48. The average Bonchev–Trinajstić information content (AvgIpc) is 2.86. The largest absolute Gasteiger partial charge is 0.322 e. The number of hydrogen-bond donors (Lipinski definition) is 3. The number of aryl methyl sites for hydroxylation is 1. The average molecular weight is 557 g/mol. The van der Waals surface area contributed by atoms with E-state index in [0.717, 1.165) is 5.56 Å². The highest BCUT2D eigenvalue weighted by Crippen LogP contribution is 2.27. The topological polar surface area (TPSA) is 134 Å². The van der Waals surface area contributed by atoms with Gasteiger partial charge in [-0.3, -0.25) is 14.2 Å². The fourth-order valence-corrected chi connectivity index (χ4v) is 5.94. The number of rotatable bonds is 8. The Hall–Kier alpha value is -3.93. The monoisotopic (exact) mass is 556 g/mol. The first-order valence-corrected chi connectivity index (χ1v) is 14.1. The molecule has 0 spiro atoms. The molecular formula is C25H21ClN4O5S2. The molecule has 1 amide bonds. The number of sulfonamides is 2. The lowest BCUT2D eigenvalue weighted by Crippen LogP contribution is -2.17. The molecule has 0 radical (unpaired) electrons. The molecule has 4 rings (SSSR count). The number of halogens is 1. The summed E-state index contributed by atoms with van der Waals surface area (Å²) in [6.45, 7) is 1.76. The van der Waals surface area contributed by atoms with Crippen LogP contribution >= 0.6 is 11.6 Å². The summed E-state index contributed by atoms with van der Waals surface area (Å²) in [5.41, 5.74) is 1.46. The van der Waals surface area contributed by atoms with Gasteiger partial charge in [0.1, 0.15) is 10.7 Å². The van der Waals surface area contributed by atoms with Gasteiger partial charge in [0.15, 0.2) is 0 Å². The molecule has 0 atom stereocenters. The van der Waals surface area contributed by atoms with E-state index in [9.17, 15) is 21.6 Å². The zero-order valence-electron chi connectivity index (χ0n) is 19.3. The fraction of sp³-hybridized carbons (Fsp3) is 0.0400. The van der Waals surface area contributed by atoms with Crippen LogP contribution < -0.4 is 14.8 Å². The lowest BCUT2D eigenvalue weighted by molar-refractivity contribution is 0.102. The van der Waals surface area contributed by atoms with Crippen LogP contribution in [0.25, 0.3) is 0 Å². The molecule has 0 unspecified atom stereocenters. The third-order valence-corrected chi connectivity index (χ3v) is 8.42. The van der Waals surface area contributed by atoms with Crippen molar-refractivity contribution in [2.24, 2.45) is 0 Å². The molecule has 0 aliphatic carbocycles. The molecule has 1 heterocycles. The van der Waals surface area contributed by atoms with Gasteiger partial charge in [0, 0.05) is 17.4 Å². The lowest BCUT2D eigenvalue weighted by Gasteiger charge is -2.13. The van der Waals surface area contributed by atoms with Crippen LogP contribution in [0.5, 0.6) is 0 Å². The zero-order valence-corrected chi connectivity index (χ0v) is 21.7. The molecule has 12 heteroatoms. The van der Waals surface area contributed by atoms with E-state index in [0.29, 0.717) is 11.4 Å². The summed E-state index contributed by atoms with van der Waals surface area (Å²) in [7, 11) is -7.96. The summed E-state index contributed by atoms with van der Waals surface area (Å²) in [6, 6.07) is 21.0. The van der Waals surface area contributed by atoms with E-state index in [-0.39, 0.29) is 26.2 Å². The number of carbonyl (C=O) groups is 1. The van der Waals surface area contributed by atoms with Gasteiger partial charge in [0.25, 0.3) is 26.0 Å². The molecule has 3 aromatic carbocycles. The van der Waals surface area contributed by atoms with E-state index in [1.807, 2.05) is 0 Å². The number of carbonyl (C=O) groups excluding carboxylic acids is 1. The van der Waals surface area contributed by atoms with Gasteiger partial charge in [-0.1, -0.05) is 35.9 Å². The van der Waals surface area contributed by atoms with Crippen molar-refractivity contribution in [2.75, 3.05) is 14.8 Å². The number of anilines is 3. The van der Waals surface area contributed by atoms with Crippen LogP contribution in [0.3, 0.4) is 0 Å². The number of amides is 1. The Morgan fingerprint density at radius 3 is 2.19 bits per heavy atom. The van der Waals surface area contributed by atoms with E-state index < -0.39 is 26.0 Å². The number of pyridine rings is 1. The smallest absolute Gasteiger partial charge is 0.263 e. The Morgan fingerprint density at radius 1 is 0.811 bits per heavy atom. The predicted molar refractivity (Wildman–Crippen MR) is 143 cm³/mol. The molecular weight excluding hydrogens is 536 g/mol. The lowest BCUT2D eigenvalue weighted by atomic mass is 10.2. The van der Waals surface area contributed by atoms with Crippen LogP contribution in [0.15, 0.2) is 101 Å². The van der Waals surface area contributed by atoms with Crippen LogP contribution in [0.4, 0.5) is 17.2 Å². The number of nitrogens with one attached hydrogen (secondary N) is 3. The van der Waals surface area contributed by atoms with Crippen LogP contribution in [0.2, 0.25) is 5.02 Å². The van der Waals surface area contributed by atoms with Crippen LogP contribution in [0, 0.1) is 6.92 Å². The molecule has 0 aliphatic rings. The molecule has 0 aliphatic heterocycles. The third-order valence-electron chi connectivity index (χ3n) is 5.20. The second-order valence-corrected chi connectivity index (χ2v) is 11.6. The molecule has 37 heavy (non-hydrogen) atoms. The summed E-state index contributed by atoms with van der Waals surface area (Å²) < 4.78 is 55.9. The highest BCUT2D eigenvalue weighted by atomic mass is 35.5. The number of benzene rings is 3. The summed E-state index contributed by atoms with van der Waals surface area (Å²) in [6.07, 6.45) is 1.46. The van der Waals surface area contributed by atoms with Crippen LogP contribution in [-0.2, 0) is 20.0 Å².